The molecule has 100 valence electrons. The number of carbonyl (C=O) groups excluding carboxylic acids is 2. The Kier molecular flexibility index (Phi) is 3.27. The number of likely N-dealkylation sites (tertiary alicyclic amines) is 1. The van der Waals surface area contributed by atoms with Crippen LogP contribution >= 0.6 is 0 Å². The SMILES string of the molecule is O=C(NCC(=O)N1CCCCC1)C1CC2CC2C1. The number of fused-ring (bicyclic) bond motifs is 1. The Morgan fingerprint density at radius 2 is 1.67 bits per heavy atom. The number of piperidine rings is 1. The van der Waals surface area contributed by atoms with Gasteiger partial charge < -0.3 is 10.2 Å². The fourth-order valence-corrected chi connectivity index (χ4v) is 3.49. The zero-order valence-corrected chi connectivity index (χ0v) is 10.9. The van der Waals surface area contributed by atoms with Gasteiger partial charge in [0.05, 0.1) is 6.54 Å². The second-order valence-corrected chi connectivity index (χ2v) is 6.08. The van der Waals surface area contributed by atoms with Crippen LogP contribution < -0.4 is 5.32 Å². The highest BCUT2D eigenvalue weighted by atomic mass is 16.2. The van der Waals surface area contributed by atoms with E-state index in [0.29, 0.717) is 0 Å². The highest BCUT2D eigenvalue weighted by Gasteiger charge is 2.47. The molecule has 3 rings (SSSR count). The third-order valence-electron chi connectivity index (χ3n) is 4.74. The number of carbonyl (C=O) groups is 2. The highest BCUT2D eigenvalue weighted by molar-refractivity contribution is 5.86. The number of amides is 2. The molecule has 3 fully saturated rings. The first-order valence-corrected chi connectivity index (χ1v) is 7.29. The van der Waals surface area contributed by atoms with E-state index < -0.39 is 0 Å². The standard InChI is InChI=1S/C14H22N2O2/c17-13(16-4-2-1-3-5-16)9-15-14(18)12-7-10-6-11(10)8-12/h10-12H,1-9H2,(H,15,18). The minimum absolute atomic E-state index is 0.0891. The third kappa shape index (κ3) is 2.52. The first kappa shape index (κ1) is 12.0. The van der Waals surface area contributed by atoms with Crippen LogP contribution in [0.4, 0.5) is 0 Å². The molecule has 2 unspecified atom stereocenters. The van der Waals surface area contributed by atoms with Crippen molar-refractivity contribution in [3.05, 3.63) is 0 Å². The van der Waals surface area contributed by atoms with Crippen LogP contribution in [0.5, 0.6) is 0 Å². The molecule has 2 amide bonds. The predicted molar refractivity (Wildman–Crippen MR) is 67.8 cm³/mol. The summed E-state index contributed by atoms with van der Waals surface area (Å²) in [6, 6.07) is 0. The molecular weight excluding hydrogens is 228 g/mol. The van der Waals surface area contributed by atoms with E-state index in [0.717, 1.165) is 50.6 Å². The molecular formula is C14H22N2O2. The Balaban J connectivity index is 1.40. The largest absolute Gasteiger partial charge is 0.347 e. The summed E-state index contributed by atoms with van der Waals surface area (Å²) in [6.45, 7) is 1.93. The molecule has 1 aliphatic heterocycles. The molecule has 2 aliphatic carbocycles. The van der Waals surface area contributed by atoms with Crippen molar-refractivity contribution in [1.29, 1.82) is 0 Å². The lowest BCUT2D eigenvalue weighted by Crippen LogP contribution is -2.43. The lowest BCUT2D eigenvalue weighted by Gasteiger charge is -2.27. The Hall–Kier alpha value is -1.06. The Labute approximate surface area is 108 Å². The van der Waals surface area contributed by atoms with Crippen molar-refractivity contribution in [2.45, 2.75) is 38.5 Å². The van der Waals surface area contributed by atoms with Gasteiger partial charge in [0.1, 0.15) is 0 Å². The van der Waals surface area contributed by atoms with Crippen LogP contribution in [0.1, 0.15) is 38.5 Å². The smallest absolute Gasteiger partial charge is 0.241 e. The molecule has 1 N–H and O–H groups in total. The maximum absolute atomic E-state index is 11.9. The Morgan fingerprint density at radius 3 is 2.33 bits per heavy atom. The number of hydrogen-bond acceptors (Lipinski definition) is 2. The quantitative estimate of drug-likeness (QED) is 0.817. The van der Waals surface area contributed by atoms with Crippen LogP contribution in [0.15, 0.2) is 0 Å². The molecule has 1 saturated heterocycles. The topological polar surface area (TPSA) is 49.4 Å². The van der Waals surface area contributed by atoms with E-state index in [-0.39, 0.29) is 24.3 Å². The van der Waals surface area contributed by atoms with Gasteiger partial charge in [-0.05, 0) is 50.4 Å². The summed E-state index contributed by atoms with van der Waals surface area (Å²) in [5.41, 5.74) is 0. The zero-order chi connectivity index (χ0) is 12.5. The van der Waals surface area contributed by atoms with Crippen LogP contribution in [0.3, 0.4) is 0 Å². The van der Waals surface area contributed by atoms with Crippen LogP contribution in [0, 0.1) is 17.8 Å². The molecule has 0 aromatic heterocycles. The van der Waals surface area contributed by atoms with E-state index in [1.807, 2.05) is 4.90 Å². The lowest BCUT2D eigenvalue weighted by molar-refractivity contribution is -0.134. The monoisotopic (exact) mass is 250 g/mol. The summed E-state index contributed by atoms with van der Waals surface area (Å²) in [5, 5.41) is 2.83. The van der Waals surface area contributed by atoms with Gasteiger partial charge in [0.15, 0.2) is 0 Å². The van der Waals surface area contributed by atoms with E-state index in [2.05, 4.69) is 5.32 Å². The lowest BCUT2D eigenvalue weighted by atomic mass is 10.0. The van der Waals surface area contributed by atoms with E-state index in [4.69, 9.17) is 0 Å². The molecule has 1 heterocycles. The summed E-state index contributed by atoms with van der Waals surface area (Å²) < 4.78 is 0. The number of nitrogens with zero attached hydrogens (tertiary/aromatic N) is 1. The fourth-order valence-electron chi connectivity index (χ4n) is 3.49. The van der Waals surface area contributed by atoms with Crippen LogP contribution in [0.2, 0.25) is 0 Å². The first-order valence-electron chi connectivity index (χ1n) is 7.29. The van der Waals surface area contributed by atoms with E-state index in [1.54, 1.807) is 0 Å². The second-order valence-electron chi connectivity index (χ2n) is 6.08. The summed E-state index contributed by atoms with van der Waals surface area (Å²) in [4.78, 5) is 25.7. The normalized spacial score (nSPS) is 34.0. The van der Waals surface area contributed by atoms with Gasteiger partial charge in [-0.2, -0.15) is 0 Å². The molecule has 0 aromatic carbocycles. The van der Waals surface area contributed by atoms with Gasteiger partial charge in [0.2, 0.25) is 11.8 Å². The summed E-state index contributed by atoms with van der Waals surface area (Å²) in [6.07, 6.45) is 6.86. The van der Waals surface area contributed by atoms with Gasteiger partial charge in [-0.15, -0.1) is 0 Å². The van der Waals surface area contributed by atoms with E-state index in [9.17, 15) is 9.59 Å². The summed E-state index contributed by atoms with van der Waals surface area (Å²) in [5.74, 6) is 2.01. The van der Waals surface area contributed by atoms with Gasteiger partial charge in [-0.25, -0.2) is 0 Å². The van der Waals surface area contributed by atoms with Gasteiger partial charge in [0, 0.05) is 19.0 Å². The molecule has 0 spiro atoms. The van der Waals surface area contributed by atoms with E-state index >= 15 is 0 Å². The molecule has 0 aromatic rings. The molecule has 3 aliphatic rings. The highest BCUT2D eigenvalue weighted by Crippen LogP contribution is 2.54. The molecule has 0 bridgehead atoms. The molecule has 2 atom stereocenters. The molecule has 2 saturated carbocycles. The minimum Gasteiger partial charge on any atom is -0.347 e. The van der Waals surface area contributed by atoms with Crippen LogP contribution in [-0.4, -0.2) is 36.3 Å². The van der Waals surface area contributed by atoms with Crippen molar-refractivity contribution >= 4 is 11.8 Å². The van der Waals surface area contributed by atoms with Crippen molar-refractivity contribution in [2.24, 2.45) is 17.8 Å². The maximum Gasteiger partial charge on any atom is 0.241 e. The van der Waals surface area contributed by atoms with Crippen molar-refractivity contribution < 1.29 is 9.59 Å². The van der Waals surface area contributed by atoms with E-state index in [1.165, 1.54) is 12.8 Å². The average molecular weight is 250 g/mol. The number of hydrogen-bond donors (Lipinski definition) is 1. The minimum atomic E-state index is 0.0891. The third-order valence-corrected chi connectivity index (χ3v) is 4.74. The predicted octanol–water partition coefficient (Wildman–Crippen LogP) is 1.16. The van der Waals surface area contributed by atoms with Crippen LogP contribution in [0.25, 0.3) is 0 Å². The zero-order valence-electron chi connectivity index (χ0n) is 10.9. The summed E-state index contributed by atoms with van der Waals surface area (Å²) in [7, 11) is 0. The maximum atomic E-state index is 11.9. The average Bonchev–Trinajstić information content (AvgIpc) is 3.03. The van der Waals surface area contributed by atoms with Gasteiger partial charge in [-0.3, -0.25) is 9.59 Å². The fraction of sp³-hybridized carbons (Fsp3) is 0.857. The van der Waals surface area contributed by atoms with Crippen LogP contribution in [-0.2, 0) is 9.59 Å². The van der Waals surface area contributed by atoms with Crippen molar-refractivity contribution in [2.75, 3.05) is 19.6 Å². The molecule has 4 nitrogen and oxygen atoms in total. The Morgan fingerprint density at radius 1 is 1.00 bits per heavy atom. The molecule has 0 radical (unpaired) electrons. The van der Waals surface area contributed by atoms with Crippen molar-refractivity contribution in [3.63, 3.8) is 0 Å². The number of nitrogens with one attached hydrogen (secondary N) is 1. The second kappa shape index (κ2) is 4.90. The summed E-state index contributed by atoms with van der Waals surface area (Å²) >= 11 is 0. The van der Waals surface area contributed by atoms with Gasteiger partial charge >= 0.3 is 0 Å². The number of rotatable bonds is 3. The van der Waals surface area contributed by atoms with Crippen molar-refractivity contribution in [1.82, 2.24) is 10.2 Å². The molecule has 4 heteroatoms. The first-order chi connectivity index (χ1) is 8.74. The molecule has 18 heavy (non-hydrogen) atoms. The van der Waals surface area contributed by atoms with Gasteiger partial charge in [-0.1, -0.05) is 0 Å². The Bertz CT molecular complexity index is 326. The van der Waals surface area contributed by atoms with Gasteiger partial charge in [0.25, 0.3) is 0 Å². The van der Waals surface area contributed by atoms with Crippen molar-refractivity contribution in [3.8, 4) is 0 Å².